The summed E-state index contributed by atoms with van der Waals surface area (Å²) >= 11 is 0. The minimum absolute atomic E-state index is 0.503. The molecule has 0 aromatic rings. The molecule has 0 saturated heterocycles. The highest BCUT2D eigenvalue weighted by molar-refractivity contribution is 5.83. The topological polar surface area (TPSA) is 17.1 Å². The standard InChI is InChI=1S/C20H28O/c21-19-10-14-2-13-7-17(8-14)20(18(19)9-13)15-3-11-1-12(5-15)6-16(20)4-11/h11-18H,1-10H2. The second-order valence-corrected chi connectivity index (χ2v) is 9.90. The van der Waals surface area contributed by atoms with E-state index in [0.717, 1.165) is 53.6 Å². The minimum Gasteiger partial charge on any atom is -0.299 e. The van der Waals surface area contributed by atoms with E-state index in [-0.39, 0.29) is 0 Å². The van der Waals surface area contributed by atoms with Gasteiger partial charge in [0.25, 0.3) is 0 Å². The molecule has 1 heteroatoms. The van der Waals surface area contributed by atoms with Crippen LogP contribution in [0, 0.1) is 52.8 Å². The van der Waals surface area contributed by atoms with Crippen molar-refractivity contribution in [3.8, 4) is 0 Å². The first-order chi connectivity index (χ1) is 10.2. The Morgan fingerprint density at radius 3 is 1.71 bits per heavy atom. The van der Waals surface area contributed by atoms with Gasteiger partial charge in [0, 0.05) is 12.3 Å². The van der Waals surface area contributed by atoms with E-state index >= 15 is 0 Å². The van der Waals surface area contributed by atoms with Crippen LogP contribution in [0.2, 0.25) is 0 Å². The van der Waals surface area contributed by atoms with E-state index in [9.17, 15) is 4.79 Å². The second-order valence-electron chi connectivity index (χ2n) is 9.90. The van der Waals surface area contributed by atoms with Gasteiger partial charge in [0.1, 0.15) is 5.78 Å². The summed E-state index contributed by atoms with van der Waals surface area (Å²) in [7, 11) is 0. The Hall–Kier alpha value is -0.330. The van der Waals surface area contributed by atoms with E-state index in [0.29, 0.717) is 11.3 Å². The summed E-state index contributed by atoms with van der Waals surface area (Å²) in [6, 6.07) is 0. The van der Waals surface area contributed by atoms with Gasteiger partial charge in [0.05, 0.1) is 0 Å². The summed E-state index contributed by atoms with van der Waals surface area (Å²) in [6.45, 7) is 0. The molecule has 8 saturated carbocycles. The number of hydrogen-bond acceptors (Lipinski definition) is 1. The fourth-order valence-electron chi connectivity index (χ4n) is 9.23. The maximum absolute atomic E-state index is 13.1. The average molecular weight is 284 g/mol. The van der Waals surface area contributed by atoms with Gasteiger partial charge in [-0.1, -0.05) is 0 Å². The van der Waals surface area contributed by atoms with Gasteiger partial charge in [-0.15, -0.1) is 0 Å². The first-order valence-corrected chi connectivity index (χ1v) is 9.76. The van der Waals surface area contributed by atoms with Crippen LogP contribution in [0.15, 0.2) is 0 Å². The summed E-state index contributed by atoms with van der Waals surface area (Å²) < 4.78 is 0. The van der Waals surface area contributed by atoms with Gasteiger partial charge in [-0.05, 0) is 105 Å². The Morgan fingerprint density at radius 1 is 0.619 bits per heavy atom. The van der Waals surface area contributed by atoms with Gasteiger partial charge in [-0.2, -0.15) is 0 Å². The normalized spacial score (nSPS) is 63.5. The van der Waals surface area contributed by atoms with E-state index in [4.69, 9.17) is 0 Å². The summed E-state index contributed by atoms with van der Waals surface area (Å²) in [5, 5.41) is 0. The lowest BCUT2D eigenvalue weighted by Gasteiger charge is -2.68. The zero-order valence-electron chi connectivity index (χ0n) is 13.1. The summed E-state index contributed by atoms with van der Waals surface area (Å²) in [5.74, 6) is 7.87. The maximum Gasteiger partial charge on any atom is 0.136 e. The van der Waals surface area contributed by atoms with Crippen LogP contribution in [-0.4, -0.2) is 5.78 Å². The number of Topliss-reactive ketones (excluding diaryl/α,β-unsaturated/α-hetero) is 1. The molecular formula is C20H28O. The number of rotatable bonds is 0. The van der Waals surface area contributed by atoms with Crippen LogP contribution in [0.1, 0.15) is 64.2 Å². The van der Waals surface area contributed by atoms with Gasteiger partial charge in [-0.3, -0.25) is 4.79 Å². The fraction of sp³-hybridized carbons (Fsp3) is 0.950. The van der Waals surface area contributed by atoms with Gasteiger partial charge in [-0.25, -0.2) is 0 Å². The SMILES string of the molecule is O=C1CC2CC3CC(C2)C2(C4CC5CC(C4)CC2C5)C1C3. The quantitative estimate of drug-likeness (QED) is 0.642. The van der Waals surface area contributed by atoms with Crippen LogP contribution < -0.4 is 0 Å². The van der Waals surface area contributed by atoms with E-state index in [2.05, 4.69) is 0 Å². The Balaban J connectivity index is 1.52. The van der Waals surface area contributed by atoms with Crippen molar-refractivity contribution in [2.45, 2.75) is 64.2 Å². The number of fused-ring (bicyclic) bond motifs is 1. The molecule has 8 rings (SSSR count). The van der Waals surface area contributed by atoms with E-state index in [1.54, 1.807) is 0 Å². The van der Waals surface area contributed by atoms with Gasteiger partial charge in [0.15, 0.2) is 0 Å². The number of ketones is 1. The molecule has 8 aliphatic rings. The van der Waals surface area contributed by atoms with Crippen molar-refractivity contribution in [2.75, 3.05) is 0 Å². The zero-order valence-corrected chi connectivity index (χ0v) is 13.1. The van der Waals surface area contributed by atoms with Crippen molar-refractivity contribution in [1.82, 2.24) is 0 Å². The van der Waals surface area contributed by atoms with E-state index < -0.39 is 0 Å². The summed E-state index contributed by atoms with van der Waals surface area (Å²) in [4.78, 5) is 13.1. The largest absolute Gasteiger partial charge is 0.299 e. The van der Waals surface area contributed by atoms with E-state index in [1.165, 1.54) is 57.8 Å². The Kier molecular flexibility index (Phi) is 2.18. The molecule has 0 amide bonds. The summed E-state index contributed by atoms with van der Waals surface area (Å²) in [5.41, 5.74) is 0.510. The van der Waals surface area contributed by atoms with Crippen LogP contribution in [0.3, 0.4) is 0 Å². The van der Waals surface area contributed by atoms with Crippen LogP contribution in [0.25, 0.3) is 0 Å². The van der Waals surface area contributed by atoms with Crippen LogP contribution in [0.5, 0.6) is 0 Å². The Labute approximate surface area is 128 Å². The van der Waals surface area contributed by atoms with E-state index in [1.807, 2.05) is 0 Å². The van der Waals surface area contributed by atoms with Crippen molar-refractivity contribution >= 4 is 5.78 Å². The molecule has 0 aromatic heterocycles. The predicted octanol–water partition coefficient (Wildman–Crippen LogP) is 4.45. The molecule has 0 N–H and O–H groups in total. The summed E-state index contributed by atoms with van der Waals surface area (Å²) in [6.07, 6.45) is 14.1. The first-order valence-electron chi connectivity index (χ1n) is 9.76. The highest BCUT2D eigenvalue weighted by Crippen LogP contribution is 2.73. The zero-order chi connectivity index (χ0) is 13.8. The second kappa shape index (κ2) is 3.77. The molecule has 21 heavy (non-hydrogen) atoms. The lowest BCUT2D eigenvalue weighted by atomic mass is 9.36. The van der Waals surface area contributed by atoms with Gasteiger partial charge in [0.2, 0.25) is 0 Å². The van der Waals surface area contributed by atoms with Crippen molar-refractivity contribution in [3.05, 3.63) is 0 Å². The highest BCUT2D eigenvalue weighted by atomic mass is 16.1. The third-order valence-corrected chi connectivity index (χ3v) is 9.21. The molecule has 114 valence electrons. The first kappa shape index (κ1) is 12.1. The van der Waals surface area contributed by atoms with Gasteiger partial charge < -0.3 is 0 Å². The Morgan fingerprint density at radius 2 is 1.10 bits per heavy atom. The number of carbonyl (C=O) groups excluding carboxylic acids is 1. The minimum atomic E-state index is 0.503. The molecule has 4 unspecified atom stereocenters. The average Bonchev–Trinajstić information content (AvgIpc) is 2.59. The maximum atomic E-state index is 13.1. The lowest BCUT2D eigenvalue weighted by molar-refractivity contribution is -0.200. The lowest BCUT2D eigenvalue weighted by Crippen LogP contribution is -2.62. The molecule has 8 bridgehead atoms. The van der Waals surface area contributed by atoms with Crippen molar-refractivity contribution < 1.29 is 4.79 Å². The van der Waals surface area contributed by atoms with Crippen LogP contribution in [-0.2, 0) is 4.79 Å². The third kappa shape index (κ3) is 1.34. The number of hydrogen-bond donors (Lipinski definition) is 0. The van der Waals surface area contributed by atoms with Crippen LogP contribution >= 0.6 is 0 Å². The van der Waals surface area contributed by atoms with Gasteiger partial charge >= 0.3 is 0 Å². The molecule has 8 aliphatic carbocycles. The predicted molar refractivity (Wildman–Crippen MR) is 81.5 cm³/mol. The third-order valence-electron chi connectivity index (χ3n) is 9.21. The monoisotopic (exact) mass is 284 g/mol. The molecule has 0 heterocycles. The molecule has 0 radical (unpaired) electrons. The van der Waals surface area contributed by atoms with Crippen molar-refractivity contribution in [3.63, 3.8) is 0 Å². The molecule has 0 aliphatic heterocycles. The molecular weight excluding hydrogens is 256 g/mol. The molecule has 8 fully saturated rings. The highest BCUT2D eigenvalue weighted by Gasteiger charge is 2.67. The molecule has 0 aromatic carbocycles. The van der Waals surface area contributed by atoms with Crippen LogP contribution in [0.4, 0.5) is 0 Å². The molecule has 1 spiro atoms. The van der Waals surface area contributed by atoms with Crippen molar-refractivity contribution in [1.29, 1.82) is 0 Å². The molecule has 4 atom stereocenters. The van der Waals surface area contributed by atoms with Crippen molar-refractivity contribution in [2.24, 2.45) is 52.8 Å². The smallest absolute Gasteiger partial charge is 0.136 e. The Bertz CT molecular complexity index is 478. The fourth-order valence-corrected chi connectivity index (χ4v) is 9.23. The molecule has 1 nitrogen and oxygen atoms in total. The number of carbonyl (C=O) groups is 1.